The van der Waals surface area contributed by atoms with E-state index in [1.807, 2.05) is 23.2 Å². The lowest BCUT2D eigenvalue weighted by atomic mass is 9.87. The molecule has 6 rings (SSSR count). The van der Waals surface area contributed by atoms with Crippen LogP contribution in [-0.2, 0) is 6.54 Å². The minimum atomic E-state index is -0.688. The molecule has 35 heavy (non-hydrogen) atoms. The Balaban J connectivity index is 1.35. The molecule has 0 bridgehead atoms. The molecule has 182 valence electrons. The molecule has 1 saturated carbocycles. The molecule has 0 radical (unpaired) electrons. The van der Waals surface area contributed by atoms with Gasteiger partial charge in [-0.15, -0.1) is 0 Å². The Labute approximate surface area is 204 Å². The molecule has 1 fully saturated rings. The van der Waals surface area contributed by atoms with Crippen molar-refractivity contribution in [1.29, 1.82) is 0 Å². The van der Waals surface area contributed by atoms with Crippen LogP contribution < -0.4 is 5.32 Å². The fraction of sp³-hybridized carbons (Fsp3) is 0.444. The molecule has 8 heteroatoms. The molecule has 0 spiro atoms. The van der Waals surface area contributed by atoms with Gasteiger partial charge < -0.3 is 20.1 Å². The summed E-state index contributed by atoms with van der Waals surface area (Å²) in [4.78, 5) is 16.3. The van der Waals surface area contributed by atoms with Crippen LogP contribution in [0.1, 0.15) is 56.0 Å². The summed E-state index contributed by atoms with van der Waals surface area (Å²) in [6.45, 7) is 4.10. The minimum Gasteiger partial charge on any atom is -0.395 e. The van der Waals surface area contributed by atoms with E-state index in [2.05, 4.69) is 46.1 Å². The van der Waals surface area contributed by atoms with Crippen molar-refractivity contribution in [2.75, 3.05) is 25.0 Å². The standard InChI is InChI=1S/C27H32N6O2/c1-17-6-9-19(10-7-17)33-22-5-3-2-4-20(22)21-14-28-27(31-26(21)33)30-24-11-8-18-15-32(12-13-34)16-23(35)25(18)29-24/h2-5,8,11,14,17,19,23,34-35H,6-7,9-10,12-13,15-16H2,1H3,(H,28,29,30,31)/t17-,19-,23-/m0/s1. The molecule has 0 amide bonds. The molecular formula is C27H32N6O2. The fourth-order valence-electron chi connectivity index (χ4n) is 5.76. The normalized spacial score (nSPS) is 23.0. The number of para-hydroxylation sites is 1. The Kier molecular flexibility index (Phi) is 5.88. The number of fused-ring (bicyclic) bond motifs is 4. The largest absolute Gasteiger partial charge is 0.395 e. The number of rotatable bonds is 5. The first-order chi connectivity index (χ1) is 17.1. The summed E-state index contributed by atoms with van der Waals surface area (Å²) in [7, 11) is 0. The molecule has 4 heterocycles. The molecule has 3 aromatic heterocycles. The maximum absolute atomic E-state index is 10.6. The first-order valence-electron chi connectivity index (χ1n) is 12.6. The number of β-amino-alcohol motifs (C(OH)–C–C–N with tert-alkyl or cyclic N) is 2. The Morgan fingerprint density at radius 2 is 1.86 bits per heavy atom. The average Bonchev–Trinajstić information content (AvgIpc) is 3.19. The van der Waals surface area contributed by atoms with Gasteiger partial charge in [-0.2, -0.15) is 4.98 Å². The van der Waals surface area contributed by atoms with Crippen LogP contribution in [0.3, 0.4) is 0 Å². The maximum Gasteiger partial charge on any atom is 0.230 e. The van der Waals surface area contributed by atoms with Crippen LogP contribution in [0, 0.1) is 5.92 Å². The number of pyridine rings is 1. The highest BCUT2D eigenvalue weighted by Crippen LogP contribution is 2.38. The van der Waals surface area contributed by atoms with Gasteiger partial charge in [0.1, 0.15) is 17.6 Å². The Bertz CT molecular complexity index is 1360. The molecule has 1 atom stereocenters. The molecular weight excluding hydrogens is 440 g/mol. The summed E-state index contributed by atoms with van der Waals surface area (Å²) in [5.41, 5.74) is 3.83. The predicted octanol–water partition coefficient (Wildman–Crippen LogP) is 4.32. The van der Waals surface area contributed by atoms with Gasteiger partial charge in [0.15, 0.2) is 0 Å². The van der Waals surface area contributed by atoms with Gasteiger partial charge in [0.25, 0.3) is 0 Å². The second-order valence-electron chi connectivity index (χ2n) is 10.1. The molecule has 1 aliphatic heterocycles. The van der Waals surface area contributed by atoms with Crippen molar-refractivity contribution >= 4 is 33.7 Å². The molecule has 3 N–H and O–H groups in total. The van der Waals surface area contributed by atoms with Crippen LogP contribution in [-0.4, -0.2) is 54.3 Å². The van der Waals surface area contributed by atoms with Gasteiger partial charge in [0.05, 0.1) is 17.8 Å². The Morgan fingerprint density at radius 3 is 2.69 bits per heavy atom. The summed E-state index contributed by atoms with van der Waals surface area (Å²) in [5, 5.41) is 25.4. The number of aromatic nitrogens is 4. The Morgan fingerprint density at radius 1 is 1.03 bits per heavy atom. The number of nitrogens with one attached hydrogen (secondary N) is 1. The van der Waals surface area contributed by atoms with E-state index < -0.39 is 6.10 Å². The quantitative estimate of drug-likeness (QED) is 0.398. The topological polar surface area (TPSA) is 99.3 Å². The van der Waals surface area contributed by atoms with Gasteiger partial charge in [-0.3, -0.25) is 4.90 Å². The zero-order chi connectivity index (χ0) is 23.9. The van der Waals surface area contributed by atoms with Crippen LogP contribution in [0.4, 0.5) is 11.8 Å². The molecule has 1 aliphatic carbocycles. The number of anilines is 2. The second kappa shape index (κ2) is 9.18. The van der Waals surface area contributed by atoms with Crippen LogP contribution in [0.2, 0.25) is 0 Å². The zero-order valence-corrected chi connectivity index (χ0v) is 20.1. The van der Waals surface area contributed by atoms with Crippen LogP contribution >= 0.6 is 0 Å². The van der Waals surface area contributed by atoms with Crippen molar-refractivity contribution in [3.63, 3.8) is 0 Å². The molecule has 2 aliphatic rings. The third kappa shape index (κ3) is 4.16. The van der Waals surface area contributed by atoms with Crippen LogP contribution in [0.15, 0.2) is 42.6 Å². The van der Waals surface area contributed by atoms with Gasteiger partial charge in [0, 0.05) is 42.6 Å². The molecule has 0 saturated heterocycles. The van der Waals surface area contributed by atoms with E-state index in [0.29, 0.717) is 43.1 Å². The summed E-state index contributed by atoms with van der Waals surface area (Å²) < 4.78 is 2.42. The number of hydrogen-bond donors (Lipinski definition) is 3. The van der Waals surface area contributed by atoms with E-state index in [0.717, 1.165) is 22.5 Å². The number of nitrogens with zero attached hydrogens (tertiary/aromatic N) is 5. The van der Waals surface area contributed by atoms with Gasteiger partial charge in [-0.25, -0.2) is 9.97 Å². The maximum atomic E-state index is 10.6. The van der Waals surface area contributed by atoms with E-state index in [1.54, 1.807) is 0 Å². The lowest BCUT2D eigenvalue weighted by Crippen LogP contribution is -2.36. The average molecular weight is 473 g/mol. The van der Waals surface area contributed by atoms with Crippen LogP contribution in [0.5, 0.6) is 0 Å². The third-order valence-electron chi connectivity index (χ3n) is 7.61. The van der Waals surface area contributed by atoms with Crippen LogP contribution in [0.25, 0.3) is 21.9 Å². The fourth-order valence-corrected chi connectivity index (χ4v) is 5.76. The second-order valence-corrected chi connectivity index (χ2v) is 10.1. The number of aliphatic hydroxyl groups excluding tert-OH is 2. The first kappa shape index (κ1) is 22.4. The molecule has 0 unspecified atom stereocenters. The van der Waals surface area contributed by atoms with E-state index in [4.69, 9.17) is 9.97 Å². The highest BCUT2D eigenvalue weighted by atomic mass is 16.3. The lowest BCUT2D eigenvalue weighted by Gasteiger charge is -2.31. The lowest BCUT2D eigenvalue weighted by molar-refractivity contribution is 0.0771. The molecule has 1 aromatic carbocycles. The van der Waals surface area contributed by atoms with Gasteiger partial charge in [-0.05, 0) is 49.3 Å². The number of aliphatic hydroxyl groups is 2. The van der Waals surface area contributed by atoms with Gasteiger partial charge in [0.2, 0.25) is 5.95 Å². The van der Waals surface area contributed by atoms with Crippen molar-refractivity contribution in [2.45, 2.75) is 51.3 Å². The van der Waals surface area contributed by atoms with E-state index in [1.165, 1.54) is 36.6 Å². The van der Waals surface area contributed by atoms with Crippen molar-refractivity contribution in [3.8, 4) is 0 Å². The third-order valence-corrected chi connectivity index (χ3v) is 7.61. The Hall–Kier alpha value is -3.07. The SMILES string of the molecule is C[C@H]1CC[C@H](n2c3ccccc3c3cnc(Nc4ccc5c(n4)[C@@H](O)CN(CCO)C5)nc32)CC1. The van der Waals surface area contributed by atoms with Crippen molar-refractivity contribution in [2.24, 2.45) is 5.92 Å². The summed E-state index contributed by atoms with van der Waals surface area (Å²) >= 11 is 0. The minimum absolute atomic E-state index is 0.0750. The van der Waals surface area contributed by atoms with Gasteiger partial charge >= 0.3 is 0 Å². The highest BCUT2D eigenvalue weighted by Gasteiger charge is 2.26. The highest BCUT2D eigenvalue weighted by molar-refractivity contribution is 6.06. The van der Waals surface area contributed by atoms with Gasteiger partial charge in [-0.1, -0.05) is 31.2 Å². The summed E-state index contributed by atoms with van der Waals surface area (Å²) in [5.74, 6) is 1.91. The monoisotopic (exact) mass is 472 g/mol. The molecule has 8 nitrogen and oxygen atoms in total. The smallest absolute Gasteiger partial charge is 0.230 e. The summed E-state index contributed by atoms with van der Waals surface area (Å²) in [6.07, 6.45) is 6.04. The molecule has 4 aromatic rings. The first-order valence-corrected chi connectivity index (χ1v) is 12.6. The van der Waals surface area contributed by atoms with E-state index in [-0.39, 0.29) is 6.61 Å². The van der Waals surface area contributed by atoms with E-state index in [9.17, 15) is 10.2 Å². The number of hydrogen-bond acceptors (Lipinski definition) is 7. The zero-order valence-electron chi connectivity index (χ0n) is 20.1. The number of benzene rings is 1. The van der Waals surface area contributed by atoms with Crippen molar-refractivity contribution < 1.29 is 10.2 Å². The van der Waals surface area contributed by atoms with E-state index >= 15 is 0 Å². The predicted molar refractivity (Wildman–Crippen MR) is 137 cm³/mol. The summed E-state index contributed by atoms with van der Waals surface area (Å²) in [6, 6.07) is 12.8. The van der Waals surface area contributed by atoms with Crippen molar-refractivity contribution in [3.05, 3.63) is 53.9 Å². The van der Waals surface area contributed by atoms with Crippen molar-refractivity contribution in [1.82, 2.24) is 24.4 Å².